The van der Waals surface area contributed by atoms with E-state index in [0.717, 1.165) is 32.4 Å². The van der Waals surface area contributed by atoms with Crippen LogP contribution in [-0.4, -0.2) is 45.0 Å². The molecular formula is C18H26N2O3. The molecule has 5 heteroatoms. The summed E-state index contributed by atoms with van der Waals surface area (Å²) in [7, 11) is 0. The number of hydrogen-bond donors (Lipinski definition) is 2. The first-order chi connectivity index (χ1) is 11.3. The fraction of sp³-hybridized carbons (Fsp3) is 0.611. The van der Waals surface area contributed by atoms with Crippen LogP contribution in [0.1, 0.15) is 30.7 Å². The fourth-order valence-electron chi connectivity index (χ4n) is 3.10. The highest BCUT2D eigenvalue weighted by Gasteiger charge is 2.37. The van der Waals surface area contributed by atoms with Gasteiger partial charge in [0.05, 0.1) is 19.3 Å². The average molecular weight is 318 g/mol. The van der Waals surface area contributed by atoms with Gasteiger partial charge in [-0.3, -0.25) is 0 Å². The Kier molecular flexibility index (Phi) is 5.88. The summed E-state index contributed by atoms with van der Waals surface area (Å²) >= 11 is 0. The van der Waals surface area contributed by atoms with Crippen molar-refractivity contribution in [3.63, 3.8) is 0 Å². The molecule has 3 atom stereocenters. The van der Waals surface area contributed by atoms with Gasteiger partial charge in [-0.05, 0) is 36.7 Å². The minimum atomic E-state index is -0.107. The molecule has 0 radical (unpaired) electrons. The van der Waals surface area contributed by atoms with Crippen molar-refractivity contribution in [3.05, 3.63) is 35.9 Å². The molecule has 1 aliphatic carbocycles. The molecule has 1 aromatic rings. The van der Waals surface area contributed by atoms with Crippen LogP contribution in [0, 0.1) is 5.92 Å². The Hall–Kier alpha value is -1.59. The van der Waals surface area contributed by atoms with Gasteiger partial charge in [0.15, 0.2) is 0 Å². The van der Waals surface area contributed by atoms with Gasteiger partial charge in [-0.1, -0.05) is 30.3 Å². The van der Waals surface area contributed by atoms with Crippen LogP contribution >= 0.6 is 0 Å². The van der Waals surface area contributed by atoms with Crippen LogP contribution in [-0.2, 0) is 9.47 Å². The highest BCUT2D eigenvalue weighted by Crippen LogP contribution is 2.46. The summed E-state index contributed by atoms with van der Waals surface area (Å²) in [4.78, 5) is 11.7. The van der Waals surface area contributed by atoms with E-state index in [1.165, 1.54) is 5.56 Å². The smallest absolute Gasteiger partial charge is 0.314 e. The van der Waals surface area contributed by atoms with E-state index in [4.69, 9.17) is 9.47 Å². The lowest BCUT2D eigenvalue weighted by Gasteiger charge is -2.11. The Morgan fingerprint density at radius 2 is 2.13 bits per heavy atom. The number of benzene rings is 1. The second-order valence-corrected chi connectivity index (χ2v) is 6.36. The van der Waals surface area contributed by atoms with Crippen LogP contribution in [0.2, 0.25) is 0 Å². The van der Waals surface area contributed by atoms with Gasteiger partial charge in [-0.25, -0.2) is 4.79 Å². The summed E-state index contributed by atoms with van der Waals surface area (Å²) < 4.78 is 11.0. The Morgan fingerprint density at radius 3 is 2.91 bits per heavy atom. The highest BCUT2D eigenvalue weighted by atomic mass is 16.5. The maximum Gasteiger partial charge on any atom is 0.314 e. The summed E-state index contributed by atoms with van der Waals surface area (Å²) in [6, 6.07) is 10.4. The Bertz CT molecular complexity index is 488. The first kappa shape index (κ1) is 16.3. The van der Waals surface area contributed by atoms with E-state index in [-0.39, 0.29) is 12.1 Å². The van der Waals surface area contributed by atoms with E-state index in [9.17, 15) is 4.79 Å². The molecule has 1 aliphatic heterocycles. The quantitative estimate of drug-likeness (QED) is 0.723. The summed E-state index contributed by atoms with van der Waals surface area (Å²) in [5.41, 5.74) is 1.38. The van der Waals surface area contributed by atoms with Crippen molar-refractivity contribution in [2.45, 2.75) is 31.3 Å². The first-order valence-electron chi connectivity index (χ1n) is 8.59. The predicted octanol–water partition coefficient (Wildman–Crippen LogP) is 2.28. The van der Waals surface area contributed by atoms with E-state index < -0.39 is 0 Å². The first-order valence-corrected chi connectivity index (χ1v) is 8.59. The van der Waals surface area contributed by atoms with Crippen molar-refractivity contribution >= 4 is 6.03 Å². The zero-order chi connectivity index (χ0) is 15.9. The molecule has 1 heterocycles. The van der Waals surface area contributed by atoms with Crippen LogP contribution < -0.4 is 10.6 Å². The van der Waals surface area contributed by atoms with Gasteiger partial charge in [-0.2, -0.15) is 0 Å². The summed E-state index contributed by atoms with van der Waals surface area (Å²) in [6.45, 7) is 3.28. The zero-order valence-electron chi connectivity index (χ0n) is 13.5. The number of urea groups is 1. The molecule has 2 aliphatic rings. The van der Waals surface area contributed by atoms with Crippen molar-refractivity contribution in [2.24, 2.45) is 5.92 Å². The third kappa shape index (κ3) is 5.22. The van der Waals surface area contributed by atoms with Gasteiger partial charge in [0.2, 0.25) is 0 Å². The lowest BCUT2D eigenvalue weighted by molar-refractivity contribution is 0.0188. The molecule has 5 nitrogen and oxygen atoms in total. The molecule has 3 rings (SSSR count). The Balaban J connectivity index is 1.21. The topological polar surface area (TPSA) is 59.6 Å². The summed E-state index contributed by atoms with van der Waals surface area (Å²) in [5.74, 6) is 1.17. The largest absolute Gasteiger partial charge is 0.377 e. The molecular weight excluding hydrogens is 292 g/mol. The predicted molar refractivity (Wildman–Crippen MR) is 88.5 cm³/mol. The third-order valence-electron chi connectivity index (χ3n) is 4.53. The standard InChI is InChI=1S/C18H26N2O3/c21-18(19-8-10-22-13-16-7-4-9-23-16)20-12-15-11-17(15)14-5-2-1-3-6-14/h1-3,5-6,15-17H,4,7-13H2,(H2,19,20,21)/t15-,16+,17+/m0/s1. The monoisotopic (exact) mass is 318 g/mol. The van der Waals surface area contributed by atoms with Crippen LogP contribution in [0.15, 0.2) is 30.3 Å². The van der Waals surface area contributed by atoms with E-state index in [1.807, 2.05) is 6.07 Å². The van der Waals surface area contributed by atoms with Gasteiger partial charge in [0, 0.05) is 19.7 Å². The summed E-state index contributed by atoms with van der Waals surface area (Å²) in [6.07, 6.45) is 3.61. The molecule has 0 bridgehead atoms. The molecule has 2 N–H and O–H groups in total. The molecule has 2 fully saturated rings. The van der Waals surface area contributed by atoms with Crippen LogP contribution in [0.4, 0.5) is 4.79 Å². The summed E-state index contributed by atoms with van der Waals surface area (Å²) in [5, 5.41) is 5.78. The average Bonchev–Trinajstić information content (AvgIpc) is 3.18. The van der Waals surface area contributed by atoms with Gasteiger partial charge < -0.3 is 20.1 Å². The van der Waals surface area contributed by atoms with E-state index >= 15 is 0 Å². The second-order valence-electron chi connectivity index (χ2n) is 6.36. The van der Waals surface area contributed by atoms with Crippen molar-refractivity contribution in [1.82, 2.24) is 10.6 Å². The van der Waals surface area contributed by atoms with Crippen molar-refractivity contribution in [2.75, 3.05) is 32.9 Å². The highest BCUT2D eigenvalue weighted by molar-refractivity contribution is 5.73. The van der Waals surface area contributed by atoms with Crippen molar-refractivity contribution in [1.29, 1.82) is 0 Å². The van der Waals surface area contributed by atoms with Gasteiger partial charge >= 0.3 is 6.03 Å². The van der Waals surface area contributed by atoms with Gasteiger partial charge in [-0.15, -0.1) is 0 Å². The normalized spacial score (nSPS) is 26.0. The number of amides is 2. The van der Waals surface area contributed by atoms with Crippen LogP contribution in [0.3, 0.4) is 0 Å². The molecule has 0 aromatic heterocycles. The third-order valence-corrected chi connectivity index (χ3v) is 4.53. The maximum atomic E-state index is 11.7. The van der Waals surface area contributed by atoms with E-state index in [0.29, 0.717) is 31.6 Å². The molecule has 126 valence electrons. The lowest BCUT2D eigenvalue weighted by atomic mass is 10.1. The molecule has 2 amide bonds. The zero-order valence-corrected chi connectivity index (χ0v) is 13.5. The van der Waals surface area contributed by atoms with Crippen molar-refractivity contribution < 1.29 is 14.3 Å². The Labute approximate surface area is 137 Å². The number of nitrogens with one attached hydrogen (secondary N) is 2. The minimum Gasteiger partial charge on any atom is -0.377 e. The van der Waals surface area contributed by atoms with Gasteiger partial charge in [0.1, 0.15) is 0 Å². The number of carbonyl (C=O) groups is 1. The molecule has 23 heavy (non-hydrogen) atoms. The number of rotatable bonds is 8. The van der Waals surface area contributed by atoms with Crippen molar-refractivity contribution in [3.8, 4) is 0 Å². The van der Waals surface area contributed by atoms with Gasteiger partial charge in [0.25, 0.3) is 0 Å². The number of ether oxygens (including phenoxy) is 2. The fourth-order valence-corrected chi connectivity index (χ4v) is 3.10. The number of hydrogen-bond acceptors (Lipinski definition) is 3. The molecule has 0 spiro atoms. The Morgan fingerprint density at radius 1 is 1.26 bits per heavy atom. The number of carbonyl (C=O) groups excluding carboxylic acids is 1. The molecule has 1 aromatic carbocycles. The lowest BCUT2D eigenvalue weighted by Crippen LogP contribution is -2.38. The van der Waals surface area contributed by atoms with E-state index in [2.05, 4.69) is 34.9 Å². The SMILES string of the molecule is O=C(NCCOC[C@H]1CCCO1)NC[C@@H]1C[C@@H]1c1ccccc1. The maximum absolute atomic E-state index is 11.7. The minimum absolute atomic E-state index is 0.107. The second kappa shape index (κ2) is 8.31. The molecule has 1 saturated carbocycles. The molecule has 1 saturated heterocycles. The van der Waals surface area contributed by atoms with Crippen LogP contribution in [0.5, 0.6) is 0 Å². The molecule has 0 unspecified atom stereocenters. The van der Waals surface area contributed by atoms with E-state index in [1.54, 1.807) is 0 Å². The van der Waals surface area contributed by atoms with Crippen LogP contribution in [0.25, 0.3) is 0 Å².